The SMILES string of the molecule is Cc1ccc(CCCC(=O)N(CCC(=O)O)CC(C)C)s1. The van der Waals surface area contributed by atoms with Crippen LogP contribution in [0.2, 0.25) is 0 Å². The molecular weight excluding hydrogens is 286 g/mol. The monoisotopic (exact) mass is 311 g/mol. The molecule has 1 heterocycles. The van der Waals surface area contributed by atoms with Crippen LogP contribution in [0.3, 0.4) is 0 Å². The van der Waals surface area contributed by atoms with Gasteiger partial charge in [0, 0.05) is 29.3 Å². The molecule has 4 nitrogen and oxygen atoms in total. The van der Waals surface area contributed by atoms with Crippen molar-refractivity contribution in [3.8, 4) is 0 Å². The quantitative estimate of drug-likeness (QED) is 0.761. The molecule has 0 bridgehead atoms. The average molecular weight is 311 g/mol. The van der Waals surface area contributed by atoms with Crippen LogP contribution in [-0.2, 0) is 16.0 Å². The van der Waals surface area contributed by atoms with E-state index in [0.29, 0.717) is 25.4 Å². The maximum atomic E-state index is 12.2. The van der Waals surface area contributed by atoms with Crippen molar-refractivity contribution in [1.29, 1.82) is 0 Å². The summed E-state index contributed by atoms with van der Waals surface area (Å²) in [6.45, 7) is 7.09. The second-order valence-corrected chi connectivity index (χ2v) is 7.12. The zero-order valence-corrected chi connectivity index (χ0v) is 13.9. The Balaban J connectivity index is 2.41. The largest absolute Gasteiger partial charge is 0.481 e. The van der Waals surface area contributed by atoms with E-state index in [1.165, 1.54) is 9.75 Å². The van der Waals surface area contributed by atoms with Crippen molar-refractivity contribution in [2.45, 2.75) is 46.5 Å². The lowest BCUT2D eigenvalue weighted by molar-refractivity contribution is -0.138. The van der Waals surface area contributed by atoms with Gasteiger partial charge in [0.15, 0.2) is 0 Å². The van der Waals surface area contributed by atoms with Gasteiger partial charge in [-0.25, -0.2) is 0 Å². The molecule has 0 saturated heterocycles. The van der Waals surface area contributed by atoms with Crippen molar-refractivity contribution in [3.05, 3.63) is 21.9 Å². The van der Waals surface area contributed by atoms with E-state index in [1.807, 2.05) is 13.8 Å². The van der Waals surface area contributed by atoms with Gasteiger partial charge in [-0.3, -0.25) is 9.59 Å². The molecule has 0 fully saturated rings. The molecule has 0 spiro atoms. The smallest absolute Gasteiger partial charge is 0.305 e. The van der Waals surface area contributed by atoms with Crippen molar-refractivity contribution in [2.24, 2.45) is 5.92 Å². The number of carboxylic acids is 1. The first-order valence-electron chi connectivity index (χ1n) is 7.43. The number of hydrogen-bond donors (Lipinski definition) is 1. The molecule has 118 valence electrons. The van der Waals surface area contributed by atoms with Crippen LogP contribution in [-0.4, -0.2) is 35.0 Å². The number of carboxylic acid groups (broad SMARTS) is 1. The summed E-state index contributed by atoms with van der Waals surface area (Å²) in [7, 11) is 0. The minimum atomic E-state index is -0.856. The Bertz CT molecular complexity index is 468. The fourth-order valence-electron chi connectivity index (χ4n) is 2.18. The summed E-state index contributed by atoms with van der Waals surface area (Å²) in [6, 6.07) is 4.21. The lowest BCUT2D eigenvalue weighted by Crippen LogP contribution is -2.35. The molecule has 0 aliphatic rings. The first-order valence-corrected chi connectivity index (χ1v) is 8.25. The van der Waals surface area contributed by atoms with Gasteiger partial charge in [-0.05, 0) is 37.8 Å². The van der Waals surface area contributed by atoms with Crippen molar-refractivity contribution in [3.63, 3.8) is 0 Å². The molecule has 0 aromatic carbocycles. The van der Waals surface area contributed by atoms with Gasteiger partial charge in [-0.15, -0.1) is 11.3 Å². The summed E-state index contributed by atoms with van der Waals surface area (Å²) in [5, 5.41) is 8.77. The molecule has 0 unspecified atom stereocenters. The van der Waals surface area contributed by atoms with Crippen LogP contribution in [0.5, 0.6) is 0 Å². The van der Waals surface area contributed by atoms with E-state index in [-0.39, 0.29) is 12.3 Å². The Morgan fingerprint density at radius 1 is 1.29 bits per heavy atom. The molecule has 21 heavy (non-hydrogen) atoms. The summed E-state index contributed by atoms with van der Waals surface area (Å²) in [6.07, 6.45) is 2.24. The van der Waals surface area contributed by atoms with Gasteiger partial charge in [-0.2, -0.15) is 0 Å². The number of aliphatic carboxylic acids is 1. The number of amides is 1. The van der Waals surface area contributed by atoms with Crippen molar-refractivity contribution < 1.29 is 14.7 Å². The van der Waals surface area contributed by atoms with Gasteiger partial charge < -0.3 is 10.0 Å². The standard InChI is InChI=1S/C16H25NO3S/c1-12(2)11-17(10-9-16(19)20)15(18)6-4-5-14-8-7-13(3)21-14/h7-8,12H,4-6,9-11H2,1-3H3,(H,19,20). The molecule has 0 atom stereocenters. The minimum absolute atomic E-state index is 0.0164. The van der Waals surface area contributed by atoms with Crippen LogP contribution >= 0.6 is 11.3 Å². The number of carbonyl (C=O) groups is 2. The number of thiophene rings is 1. The number of nitrogens with zero attached hydrogens (tertiary/aromatic N) is 1. The topological polar surface area (TPSA) is 57.6 Å². The van der Waals surface area contributed by atoms with E-state index in [9.17, 15) is 9.59 Å². The second-order valence-electron chi connectivity index (χ2n) is 5.74. The molecule has 1 amide bonds. The van der Waals surface area contributed by atoms with Gasteiger partial charge in [0.1, 0.15) is 0 Å². The maximum absolute atomic E-state index is 12.2. The first kappa shape index (κ1) is 17.7. The molecular formula is C16H25NO3S. The van der Waals surface area contributed by atoms with Gasteiger partial charge in [0.25, 0.3) is 0 Å². The third-order valence-electron chi connectivity index (χ3n) is 3.14. The van der Waals surface area contributed by atoms with Crippen molar-refractivity contribution >= 4 is 23.2 Å². The van der Waals surface area contributed by atoms with Crippen molar-refractivity contribution in [2.75, 3.05) is 13.1 Å². The number of rotatable bonds is 9. The highest BCUT2D eigenvalue weighted by Gasteiger charge is 2.15. The van der Waals surface area contributed by atoms with Crippen LogP contribution < -0.4 is 0 Å². The molecule has 0 saturated carbocycles. The summed E-state index contributed by atoms with van der Waals surface area (Å²) in [5.74, 6) is -0.438. The lowest BCUT2D eigenvalue weighted by Gasteiger charge is -2.24. The molecule has 5 heteroatoms. The van der Waals surface area contributed by atoms with E-state index in [1.54, 1.807) is 16.2 Å². The normalized spacial score (nSPS) is 10.9. The Morgan fingerprint density at radius 3 is 2.52 bits per heavy atom. The zero-order chi connectivity index (χ0) is 15.8. The molecule has 0 aliphatic carbocycles. The van der Waals surface area contributed by atoms with E-state index in [4.69, 9.17) is 5.11 Å². The summed E-state index contributed by atoms with van der Waals surface area (Å²) < 4.78 is 0. The second kappa shape index (κ2) is 8.82. The molecule has 1 rings (SSSR count). The molecule has 1 aromatic heterocycles. The van der Waals surface area contributed by atoms with Gasteiger partial charge >= 0.3 is 5.97 Å². The number of aryl methyl sites for hydroxylation is 2. The third kappa shape index (κ3) is 7.27. The Hall–Kier alpha value is -1.36. The van der Waals surface area contributed by atoms with E-state index in [2.05, 4.69) is 19.1 Å². The van der Waals surface area contributed by atoms with Crippen LogP contribution in [0.25, 0.3) is 0 Å². The average Bonchev–Trinajstić information content (AvgIpc) is 2.79. The highest BCUT2D eigenvalue weighted by molar-refractivity contribution is 7.11. The van der Waals surface area contributed by atoms with Crippen LogP contribution in [0.15, 0.2) is 12.1 Å². The summed E-state index contributed by atoms with van der Waals surface area (Å²) in [5.41, 5.74) is 0. The predicted molar refractivity (Wildman–Crippen MR) is 85.7 cm³/mol. The van der Waals surface area contributed by atoms with E-state index in [0.717, 1.165) is 12.8 Å². The molecule has 0 radical (unpaired) electrons. The number of carbonyl (C=O) groups excluding carboxylic acids is 1. The van der Waals surface area contributed by atoms with Crippen LogP contribution in [0, 0.1) is 12.8 Å². The third-order valence-corrected chi connectivity index (χ3v) is 4.20. The van der Waals surface area contributed by atoms with Crippen LogP contribution in [0.4, 0.5) is 0 Å². The predicted octanol–water partition coefficient (Wildman–Crippen LogP) is 3.34. The van der Waals surface area contributed by atoms with Gasteiger partial charge in [-0.1, -0.05) is 13.8 Å². The molecule has 0 aliphatic heterocycles. The highest BCUT2D eigenvalue weighted by Crippen LogP contribution is 2.17. The van der Waals surface area contributed by atoms with Gasteiger partial charge in [0.05, 0.1) is 6.42 Å². The Morgan fingerprint density at radius 2 is 2.00 bits per heavy atom. The maximum Gasteiger partial charge on any atom is 0.305 e. The summed E-state index contributed by atoms with van der Waals surface area (Å²) >= 11 is 1.77. The van der Waals surface area contributed by atoms with Crippen LogP contribution in [0.1, 0.15) is 42.9 Å². The minimum Gasteiger partial charge on any atom is -0.481 e. The van der Waals surface area contributed by atoms with Crippen molar-refractivity contribution in [1.82, 2.24) is 4.90 Å². The summed E-state index contributed by atoms with van der Waals surface area (Å²) in [4.78, 5) is 27.2. The Kier molecular flexibility index (Phi) is 7.43. The Labute approximate surface area is 130 Å². The number of hydrogen-bond acceptors (Lipinski definition) is 3. The molecule has 1 aromatic rings. The highest BCUT2D eigenvalue weighted by atomic mass is 32.1. The zero-order valence-electron chi connectivity index (χ0n) is 13.1. The molecule has 1 N–H and O–H groups in total. The van der Waals surface area contributed by atoms with E-state index < -0.39 is 5.97 Å². The first-order chi connectivity index (χ1) is 9.88. The fourth-order valence-corrected chi connectivity index (χ4v) is 3.11. The lowest BCUT2D eigenvalue weighted by atomic mass is 10.1. The van der Waals surface area contributed by atoms with E-state index >= 15 is 0 Å². The fraction of sp³-hybridized carbons (Fsp3) is 0.625. The van der Waals surface area contributed by atoms with Gasteiger partial charge in [0.2, 0.25) is 5.91 Å².